The van der Waals surface area contributed by atoms with Crippen LogP contribution in [0.3, 0.4) is 0 Å². The van der Waals surface area contributed by atoms with Crippen molar-refractivity contribution in [1.29, 1.82) is 0 Å². The van der Waals surface area contributed by atoms with Crippen LogP contribution in [0.5, 0.6) is 11.5 Å². The van der Waals surface area contributed by atoms with E-state index in [1.54, 1.807) is 11.3 Å². The molecule has 0 N–H and O–H groups in total. The molecule has 0 atom stereocenters. The smallest absolute Gasteiger partial charge is 0.288 e. The van der Waals surface area contributed by atoms with Crippen LogP contribution in [0.2, 0.25) is 0 Å². The number of benzene rings is 2. The molecular weight excluding hydrogens is 352 g/mol. The van der Waals surface area contributed by atoms with E-state index in [0.29, 0.717) is 0 Å². The maximum atomic E-state index is 6.68. The van der Waals surface area contributed by atoms with E-state index in [0.717, 1.165) is 21.7 Å². The third-order valence-electron chi connectivity index (χ3n) is 5.58. The molecule has 136 valence electrons. The van der Waals surface area contributed by atoms with E-state index in [4.69, 9.17) is 9.72 Å². The molecule has 3 heterocycles. The zero-order chi connectivity index (χ0) is 19.1. The number of fused-ring (bicyclic) bond motifs is 3. The molecule has 1 aliphatic rings. The number of hydrogen-bond donors (Lipinski definition) is 0. The molecule has 0 unspecified atom stereocenters. The summed E-state index contributed by atoms with van der Waals surface area (Å²) in [6.45, 7) is 11.1. The van der Waals surface area contributed by atoms with Gasteiger partial charge in [-0.05, 0) is 35.2 Å². The fourth-order valence-electron chi connectivity index (χ4n) is 4.24. The Bertz CT molecular complexity index is 1260. The van der Waals surface area contributed by atoms with E-state index >= 15 is 0 Å². The predicted octanol–water partition coefficient (Wildman–Crippen LogP) is 5.96. The van der Waals surface area contributed by atoms with Gasteiger partial charge in [0.1, 0.15) is 11.1 Å². The van der Waals surface area contributed by atoms with Crippen LogP contribution in [-0.2, 0) is 12.5 Å². The number of thiophene rings is 1. The SMILES string of the molecule is Cc1c2c(c(C)c3ccccc13)-c1c3c(c(C(C)(C)C)sc3nc[n+]1C)O2. The number of aryl methyl sites for hydroxylation is 3. The number of nitrogens with zero attached hydrogens (tertiary/aromatic N) is 2. The van der Waals surface area contributed by atoms with E-state index < -0.39 is 0 Å². The lowest BCUT2D eigenvalue weighted by Gasteiger charge is -2.25. The van der Waals surface area contributed by atoms with Gasteiger partial charge < -0.3 is 4.74 Å². The first-order valence-electron chi connectivity index (χ1n) is 9.30. The highest BCUT2D eigenvalue weighted by Gasteiger charge is 2.37. The Kier molecular flexibility index (Phi) is 3.27. The molecule has 2 aromatic carbocycles. The van der Waals surface area contributed by atoms with Gasteiger partial charge in [-0.3, -0.25) is 0 Å². The maximum absolute atomic E-state index is 6.68. The molecule has 0 radical (unpaired) electrons. The molecule has 27 heavy (non-hydrogen) atoms. The summed E-state index contributed by atoms with van der Waals surface area (Å²) in [6.07, 6.45) is 1.93. The number of aromatic nitrogens is 2. The molecule has 0 bridgehead atoms. The van der Waals surface area contributed by atoms with Gasteiger partial charge in [0, 0.05) is 11.0 Å². The van der Waals surface area contributed by atoms with Crippen LogP contribution in [0.4, 0.5) is 0 Å². The third kappa shape index (κ3) is 2.13. The van der Waals surface area contributed by atoms with Gasteiger partial charge in [0.15, 0.2) is 11.4 Å². The van der Waals surface area contributed by atoms with Gasteiger partial charge in [-0.15, -0.1) is 0 Å². The molecule has 3 nitrogen and oxygen atoms in total. The highest BCUT2D eigenvalue weighted by molar-refractivity contribution is 7.19. The maximum Gasteiger partial charge on any atom is 0.288 e. The molecule has 0 amide bonds. The number of hydrogen-bond acceptors (Lipinski definition) is 3. The van der Waals surface area contributed by atoms with Gasteiger partial charge >= 0.3 is 0 Å². The molecule has 5 rings (SSSR count). The molecule has 4 heteroatoms. The summed E-state index contributed by atoms with van der Waals surface area (Å²) in [5.74, 6) is 1.98. The quantitative estimate of drug-likeness (QED) is 0.312. The fraction of sp³-hybridized carbons (Fsp3) is 0.304. The fourth-order valence-corrected chi connectivity index (χ4v) is 5.36. The Hall–Kier alpha value is -2.46. The van der Waals surface area contributed by atoms with Crippen molar-refractivity contribution < 1.29 is 9.30 Å². The first kappa shape index (κ1) is 16.7. The van der Waals surface area contributed by atoms with E-state index in [1.807, 2.05) is 6.33 Å². The minimum absolute atomic E-state index is 0.00778. The zero-order valence-corrected chi connectivity index (χ0v) is 17.4. The standard InChI is InChI=1S/C23H23N2OS/c1-12-14-9-7-8-10-15(14)13(2)19-16(12)18-17-20(26-19)21(23(3,4)5)27-22(17)24-11-25(18)6/h7-11H,1-6H3/q+1. The van der Waals surface area contributed by atoms with E-state index in [2.05, 4.69) is 70.5 Å². The van der Waals surface area contributed by atoms with Crippen molar-refractivity contribution in [2.75, 3.05) is 0 Å². The molecular formula is C23H23N2OS+. The van der Waals surface area contributed by atoms with E-state index in [9.17, 15) is 0 Å². The molecule has 0 saturated heterocycles. The Morgan fingerprint density at radius 3 is 2.33 bits per heavy atom. The minimum Gasteiger partial charge on any atom is -0.454 e. The van der Waals surface area contributed by atoms with Gasteiger partial charge in [0.25, 0.3) is 6.33 Å². The van der Waals surface area contributed by atoms with E-state index in [-0.39, 0.29) is 5.41 Å². The molecule has 0 spiro atoms. The van der Waals surface area contributed by atoms with Crippen LogP contribution < -0.4 is 9.30 Å². The topological polar surface area (TPSA) is 26.0 Å². The lowest BCUT2D eigenvalue weighted by Crippen LogP contribution is -2.32. The summed E-state index contributed by atoms with van der Waals surface area (Å²) in [5, 5.41) is 3.70. The Labute approximate surface area is 163 Å². The highest BCUT2D eigenvalue weighted by atomic mass is 32.1. The van der Waals surface area contributed by atoms with Crippen LogP contribution in [0, 0.1) is 13.8 Å². The third-order valence-corrected chi connectivity index (χ3v) is 7.09. The zero-order valence-electron chi connectivity index (χ0n) is 16.6. The van der Waals surface area contributed by atoms with Crippen LogP contribution in [-0.4, -0.2) is 4.98 Å². The van der Waals surface area contributed by atoms with Crippen molar-refractivity contribution in [3.05, 3.63) is 46.6 Å². The van der Waals surface area contributed by atoms with Crippen molar-refractivity contribution in [3.63, 3.8) is 0 Å². The average Bonchev–Trinajstić information content (AvgIpc) is 3.02. The van der Waals surface area contributed by atoms with E-state index in [1.165, 1.54) is 38.0 Å². The van der Waals surface area contributed by atoms with Crippen molar-refractivity contribution in [2.45, 2.75) is 40.0 Å². The Morgan fingerprint density at radius 1 is 1.00 bits per heavy atom. The first-order chi connectivity index (χ1) is 12.8. The van der Waals surface area contributed by atoms with Gasteiger partial charge in [0.2, 0.25) is 4.83 Å². The molecule has 0 saturated carbocycles. The lowest BCUT2D eigenvalue weighted by molar-refractivity contribution is -0.662. The number of ether oxygens (including phenoxy) is 1. The van der Waals surface area contributed by atoms with Crippen LogP contribution >= 0.6 is 11.3 Å². The van der Waals surface area contributed by atoms with Crippen LogP contribution in [0.25, 0.3) is 32.2 Å². The van der Waals surface area contributed by atoms with Crippen LogP contribution in [0.1, 0.15) is 36.8 Å². The monoisotopic (exact) mass is 375 g/mol. The summed E-state index contributed by atoms with van der Waals surface area (Å²) in [5.41, 5.74) is 4.89. The molecule has 4 aromatic rings. The van der Waals surface area contributed by atoms with Crippen molar-refractivity contribution in [1.82, 2.24) is 4.98 Å². The second-order valence-electron chi connectivity index (χ2n) is 8.50. The van der Waals surface area contributed by atoms with Crippen molar-refractivity contribution in [2.24, 2.45) is 7.05 Å². The lowest BCUT2D eigenvalue weighted by atomic mass is 9.88. The molecule has 2 aromatic heterocycles. The predicted molar refractivity (Wildman–Crippen MR) is 112 cm³/mol. The van der Waals surface area contributed by atoms with Gasteiger partial charge in [-0.2, -0.15) is 0 Å². The summed E-state index contributed by atoms with van der Waals surface area (Å²) >= 11 is 1.76. The normalized spacial score (nSPS) is 13.1. The van der Waals surface area contributed by atoms with Crippen LogP contribution in [0.15, 0.2) is 30.6 Å². The summed E-state index contributed by atoms with van der Waals surface area (Å²) in [4.78, 5) is 7.02. The first-order valence-corrected chi connectivity index (χ1v) is 10.1. The molecule has 1 aliphatic heterocycles. The summed E-state index contributed by atoms with van der Waals surface area (Å²) in [7, 11) is 2.08. The second-order valence-corrected chi connectivity index (χ2v) is 9.50. The second kappa shape index (κ2) is 5.29. The molecule has 0 aliphatic carbocycles. The summed E-state index contributed by atoms with van der Waals surface area (Å²) < 4.78 is 8.83. The average molecular weight is 376 g/mol. The number of rotatable bonds is 0. The highest BCUT2D eigenvalue weighted by Crippen LogP contribution is 2.55. The minimum atomic E-state index is 0.00778. The van der Waals surface area contributed by atoms with Crippen molar-refractivity contribution >= 4 is 32.3 Å². The largest absolute Gasteiger partial charge is 0.454 e. The summed E-state index contributed by atoms with van der Waals surface area (Å²) in [6, 6.07) is 8.61. The van der Waals surface area contributed by atoms with Gasteiger partial charge in [-0.1, -0.05) is 56.4 Å². The van der Waals surface area contributed by atoms with Gasteiger partial charge in [0.05, 0.1) is 17.5 Å². The van der Waals surface area contributed by atoms with Crippen molar-refractivity contribution in [3.8, 4) is 22.8 Å². The van der Waals surface area contributed by atoms with Gasteiger partial charge in [-0.25, -0.2) is 4.57 Å². The Morgan fingerprint density at radius 2 is 1.67 bits per heavy atom. The Balaban J connectivity index is 2.01. The molecule has 0 fully saturated rings.